The van der Waals surface area contributed by atoms with E-state index in [9.17, 15) is 0 Å². The van der Waals surface area contributed by atoms with Gasteiger partial charge in [-0.1, -0.05) is 6.92 Å². The quantitative estimate of drug-likeness (QED) is 0.826. The molecule has 0 aliphatic heterocycles. The molecule has 0 aromatic carbocycles. The van der Waals surface area contributed by atoms with E-state index in [0.717, 1.165) is 30.2 Å². The molecular formula is C12H16N4O. The highest BCUT2D eigenvalue weighted by Gasteiger charge is 2.02. The minimum atomic E-state index is 0.491. The van der Waals surface area contributed by atoms with E-state index in [-0.39, 0.29) is 0 Å². The van der Waals surface area contributed by atoms with Crippen LogP contribution in [0.25, 0.3) is 0 Å². The van der Waals surface area contributed by atoms with Crippen molar-refractivity contribution in [2.24, 2.45) is 0 Å². The Kier molecular flexibility index (Phi) is 3.59. The fourth-order valence-corrected chi connectivity index (χ4v) is 1.53. The Labute approximate surface area is 100 Å². The number of nitrogen functional groups attached to an aromatic ring is 1. The van der Waals surface area contributed by atoms with E-state index in [0.29, 0.717) is 12.4 Å². The number of anilines is 2. The van der Waals surface area contributed by atoms with Crippen molar-refractivity contribution in [3.8, 4) is 0 Å². The second-order valence-corrected chi connectivity index (χ2v) is 3.78. The first-order valence-electron chi connectivity index (χ1n) is 5.67. The molecule has 90 valence electrons. The third kappa shape index (κ3) is 3.21. The van der Waals surface area contributed by atoms with Gasteiger partial charge in [0, 0.05) is 12.5 Å². The monoisotopic (exact) mass is 232 g/mol. The van der Waals surface area contributed by atoms with Gasteiger partial charge in [0.05, 0.1) is 12.8 Å². The number of aromatic nitrogens is 2. The Balaban J connectivity index is 2.04. The van der Waals surface area contributed by atoms with Gasteiger partial charge in [-0.3, -0.25) is 0 Å². The maximum atomic E-state index is 5.72. The maximum Gasteiger partial charge on any atom is 0.133 e. The van der Waals surface area contributed by atoms with Crippen LogP contribution in [-0.4, -0.2) is 9.97 Å². The molecule has 0 saturated carbocycles. The van der Waals surface area contributed by atoms with Crippen LogP contribution in [0.2, 0.25) is 0 Å². The van der Waals surface area contributed by atoms with Crippen LogP contribution in [-0.2, 0) is 13.0 Å². The van der Waals surface area contributed by atoms with Crippen molar-refractivity contribution in [3.05, 3.63) is 36.0 Å². The molecule has 0 unspecified atom stereocenters. The minimum Gasteiger partial charge on any atom is -0.467 e. The lowest BCUT2D eigenvalue weighted by Crippen LogP contribution is -2.06. The summed E-state index contributed by atoms with van der Waals surface area (Å²) >= 11 is 0. The lowest BCUT2D eigenvalue weighted by molar-refractivity contribution is 0.517. The number of aryl methyl sites for hydroxylation is 1. The molecule has 0 atom stereocenters. The summed E-state index contributed by atoms with van der Waals surface area (Å²) in [6, 6.07) is 5.49. The molecule has 0 bridgehead atoms. The van der Waals surface area contributed by atoms with Crippen LogP contribution < -0.4 is 11.1 Å². The lowest BCUT2D eigenvalue weighted by Gasteiger charge is -2.06. The van der Waals surface area contributed by atoms with Crippen LogP contribution in [0.4, 0.5) is 11.6 Å². The summed E-state index contributed by atoms with van der Waals surface area (Å²) in [5.74, 6) is 2.86. The summed E-state index contributed by atoms with van der Waals surface area (Å²) in [6.07, 6.45) is 3.48. The van der Waals surface area contributed by atoms with E-state index in [1.54, 1.807) is 12.3 Å². The van der Waals surface area contributed by atoms with Crippen LogP contribution in [0.15, 0.2) is 28.9 Å². The third-order valence-electron chi connectivity index (χ3n) is 2.29. The zero-order valence-electron chi connectivity index (χ0n) is 9.81. The fraction of sp³-hybridized carbons (Fsp3) is 0.333. The predicted octanol–water partition coefficient (Wildman–Crippen LogP) is 2.22. The van der Waals surface area contributed by atoms with Crippen molar-refractivity contribution in [3.63, 3.8) is 0 Å². The van der Waals surface area contributed by atoms with E-state index < -0.39 is 0 Å². The molecule has 2 aromatic heterocycles. The van der Waals surface area contributed by atoms with Crippen molar-refractivity contribution in [2.45, 2.75) is 26.3 Å². The van der Waals surface area contributed by atoms with Gasteiger partial charge in [0.15, 0.2) is 0 Å². The van der Waals surface area contributed by atoms with Gasteiger partial charge < -0.3 is 15.5 Å². The van der Waals surface area contributed by atoms with Gasteiger partial charge in [-0.15, -0.1) is 0 Å². The highest BCUT2D eigenvalue weighted by molar-refractivity contribution is 5.44. The number of furan rings is 1. The van der Waals surface area contributed by atoms with Gasteiger partial charge in [0.1, 0.15) is 23.2 Å². The van der Waals surface area contributed by atoms with Crippen molar-refractivity contribution in [1.29, 1.82) is 0 Å². The van der Waals surface area contributed by atoms with Crippen LogP contribution in [0.5, 0.6) is 0 Å². The zero-order valence-corrected chi connectivity index (χ0v) is 9.81. The lowest BCUT2D eigenvalue weighted by atomic mass is 10.3. The molecule has 2 heterocycles. The van der Waals surface area contributed by atoms with Crippen LogP contribution in [0.3, 0.4) is 0 Å². The van der Waals surface area contributed by atoms with E-state index >= 15 is 0 Å². The van der Waals surface area contributed by atoms with Crippen molar-refractivity contribution in [2.75, 3.05) is 11.1 Å². The normalized spacial score (nSPS) is 10.4. The largest absolute Gasteiger partial charge is 0.467 e. The SMILES string of the molecule is CCCc1nc(N)cc(NCc2ccco2)n1. The molecule has 0 radical (unpaired) electrons. The Bertz CT molecular complexity index is 467. The molecule has 3 N–H and O–H groups in total. The maximum absolute atomic E-state index is 5.72. The molecule has 17 heavy (non-hydrogen) atoms. The molecule has 0 aliphatic carbocycles. The molecule has 2 rings (SSSR count). The van der Waals surface area contributed by atoms with Crippen molar-refractivity contribution < 1.29 is 4.42 Å². The molecule has 0 aliphatic rings. The number of nitrogens with one attached hydrogen (secondary N) is 1. The van der Waals surface area contributed by atoms with Crippen molar-refractivity contribution in [1.82, 2.24) is 9.97 Å². The second-order valence-electron chi connectivity index (χ2n) is 3.78. The summed E-state index contributed by atoms with van der Waals surface area (Å²) < 4.78 is 5.23. The van der Waals surface area contributed by atoms with E-state index in [4.69, 9.17) is 10.2 Å². The first-order chi connectivity index (χ1) is 8.28. The smallest absolute Gasteiger partial charge is 0.133 e. The average Bonchev–Trinajstić information content (AvgIpc) is 2.79. The van der Waals surface area contributed by atoms with E-state index in [1.165, 1.54) is 0 Å². The predicted molar refractivity (Wildman–Crippen MR) is 66.5 cm³/mol. The Hall–Kier alpha value is -2.04. The summed E-state index contributed by atoms with van der Waals surface area (Å²) in [5.41, 5.74) is 5.72. The van der Waals surface area contributed by atoms with Gasteiger partial charge >= 0.3 is 0 Å². The number of nitrogens with zero attached hydrogens (tertiary/aromatic N) is 2. The van der Waals surface area contributed by atoms with Crippen LogP contribution in [0, 0.1) is 0 Å². The van der Waals surface area contributed by atoms with Crippen LogP contribution in [0.1, 0.15) is 24.9 Å². The first kappa shape index (κ1) is 11.4. The highest BCUT2D eigenvalue weighted by atomic mass is 16.3. The molecular weight excluding hydrogens is 216 g/mol. The average molecular weight is 232 g/mol. The van der Waals surface area contributed by atoms with Gasteiger partial charge in [0.2, 0.25) is 0 Å². The Morgan fingerprint density at radius 3 is 3.00 bits per heavy atom. The molecule has 0 spiro atoms. The molecule has 0 fully saturated rings. The highest BCUT2D eigenvalue weighted by Crippen LogP contribution is 2.11. The summed E-state index contributed by atoms with van der Waals surface area (Å²) in [7, 11) is 0. The summed E-state index contributed by atoms with van der Waals surface area (Å²) in [5, 5.41) is 3.16. The Morgan fingerprint density at radius 1 is 1.41 bits per heavy atom. The first-order valence-corrected chi connectivity index (χ1v) is 5.67. The summed E-state index contributed by atoms with van der Waals surface area (Å²) in [6.45, 7) is 2.68. The van der Waals surface area contributed by atoms with E-state index in [1.807, 2.05) is 12.1 Å². The zero-order chi connectivity index (χ0) is 12.1. The molecule has 5 nitrogen and oxygen atoms in total. The molecule has 0 saturated heterocycles. The number of rotatable bonds is 5. The van der Waals surface area contributed by atoms with Crippen molar-refractivity contribution >= 4 is 11.6 Å². The topological polar surface area (TPSA) is 77.0 Å². The number of nitrogens with two attached hydrogens (primary N) is 1. The fourth-order valence-electron chi connectivity index (χ4n) is 1.53. The van der Waals surface area contributed by atoms with Crippen LogP contribution >= 0.6 is 0 Å². The van der Waals surface area contributed by atoms with Gasteiger partial charge in [-0.25, -0.2) is 9.97 Å². The van der Waals surface area contributed by atoms with Gasteiger partial charge in [0.25, 0.3) is 0 Å². The minimum absolute atomic E-state index is 0.491. The third-order valence-corrected chi connectivity index (χ3v) is 2.29. The molecule has 5 heteroatoms. The molecule has 2 aromatic rings. The Morgan fingerprint density at radius 2 is 2.29 bits per heavy atom. The van der Waals surface area contributed by atoms with Gasteiger partial charge in [-0.05, 0) is 18.6 Å². The number of hydrogen-bond donors (Lipinski definition) is 2. The van der Waals surface area contributed by atoms with Gasteiger partial charge in [-0.2, -0.15) is 0 Å². The summed E-state index contributed by atoms with van der Waals surface area (Å²) in [4.78, 5) is 8.55. The number of hydrogen-bond acceptors (Lipinski definition) is 5. The van der Waals surface area contributed by atoms with E-state index in [2.05, 4.69) is 22.2 Å². The standard InChI is InChI=1S/C12H16N4O/c1-2-4-11-15-10(13)7-12(16-11)14-8-9-5-3-6-17-9/h3,5-7H,2,4,8H2,1H3,(H3,13,14,15,16). The molecule has 0 amide bonds. The second kappa shape index (κ2) is 5.34.